The molecule has 0 amide bonds. The van der Waals surface area contributed by atoms with E-state index in [4.69, 9.17) is 9.72 Å². The molecule has 4 rings (SSSR count). The Hall–Kier alpha value is -1.72. The van der Waals surface area contributed by atoms with Crippen LogP contribution in [-0.4, -0.2) is 54.3 Å². The monoisotopic (exact) mass is 298 g/mol. The second-order valence-corrected chi connectivity index (χ2v) is 6.15. The highest BCUT2D eigenvalue weighted by molar-refractivity contribution is 5.79. The summed E-state index contributed by atoms with van der Waals surface area (Å²) >= 11 is 0. The van der Waals surface area contributed by atoms with Gasteiger partial charge in [0.15, 0.2) is 0 Å². The number of anilines is 1. The lowest BCUT2D eigenvalue weighted by molar-refractivity contribution is 0.122. The van der Waals surface area contributed by atoms with Crippen LogP contribution in [0.25, 0.3) is 10.9 Å². The van der Waals surface area contributed by atoms with E-state index in [1.165, 1.54) is 31.5 Å². The first-order chi connectivity index (χ1) is 10.9. The number of aromatic nitrogens is 2. The molecular formula is C17H22N4O. The second kappa shape index (κ2) is 6.18. The molecule has 2 saturated heterocycles. The van der Waals surface area contributed by atoms with Crippen LogP contribution in [0.1, 0.15) is 18.4 Å². The lowest BCUT2D eigenvalue weighted by Crippen LogP contribution is -2.37. The topological polar surface area (TPSA) is 41.5 Å². The van der Waals surface area contributed by atoms with Crippen molar-refractivity contribution in [2.24, 2.45) is 0 Å². The molecule has 1 aromatic heterocycles. The summed E-state index contributed by atoms with van der Waals surface area (Å²) in [4.78, 5) is 14.0. The van der Waals surface area contributed by atoms with E-state index in [1.54, 1.807) is 0 Å². The fraction of sp³-hybridized carbons (Fsp3) is 0.529. The minimum Gasteiger partial charge on any atom is -0.378 e. The van der Waals surface area contributed by atoms with Crippen molar-refractivity contribution < 1.29 is 4.74 Å². The summed E-state index contributed by atoms with van der Waals surface area (Å²) in [6.07, 6.45) is 4.62. The number of nitrogens with zero attached hydrogens (tertiary/aromatic N) is 4. The predicted octanol–water partition coefficient (Wildman–Crippen LogP) is 2.06. The zero-order chi connectivity index (χ0) is 14.8. The van der Waals surface area contributed by atoms with E-state index >= 15 is 0 Å². The molecule has 0 bridgehead atoms. The number of morpholine rings is 1. The molecule has 116 valence electrons. The molecule has 2 aliphatic rings. The quantitative estimate of drug-likeness (QED) is 0.867. The third-order valence-electron chi connectivity index (χ3n) is 4.53. The molecule has 5 heteroatoms. The minimum absolute atomic E-state index is 0.760. The van der Waals surface area contributed by atoms with Crippen molar-refractivity contribution in [1.82, 2.24) is 14.9 Å². The zero-order valence-electron chi connectivity index (χ0n) is 12.9. The molecule has 2 aliphatic heterocycles. The summed E-state index contributed by atoms with van der Waals surface area (Å²) in [6, 6.07) is 6.57. The molecule has 0 spiro atoms. The van der Waals surface area contributed by atoms with Gasteiger partial charge in [0.1, 0.15) is 0 Å². The Bertz CT molecular complexity index is 648. The van der Waals surface area contributed by atoms with E-state index in [0.29, 0.717) is 0 Å². The van der Waals surface area contributed by atoms with E-state index in [2.05, 4.69) is 33.0 Å². The molecule has 5 nitrogen and oxygen atoms in total. The van der Waals surface area contributed by atoms with Crippen molar-refractivity contribution in [3.63, 3.8) is 0 Å². The average molecular weight is 298 g/mol. The fourth-order valence-electron chi connectivity index (χ4n) is 3.29. The molecular weight excluding hydrogens is 276 g/mol. The van der Waals surface area contributed by atoms with Crippen LogP contribution in [0.15, 0.2) is 24.4 Å². The highest BCUT2D eigenvalue weighted by Gasteiger charge is 2.15. The van der Waals surface area contributed by atoms with Crippen molar-refractivity contribution in [2.75, 3.05) is 44.3 Å². The number of hydrogen-bond acceptors (Lipinski definition) is 5. The average Bonchev–Trinajstić information content (AvgIpc) is 3.08. The normalized spacial score (nSPS) is 19.9. The largest absolute Gasteiger partial charge is 0.378 e. The molecule has 2 aromatic rings. The Labute approximate surface area is 130 Å². The highest BCUT2D eigenvalue weighted by Crippen LogP contribution is 2.19. The lowest BCUT2D eigenvalue weighted by Gasteiger charge is -2.26. The number of hydrogen-bond donors (Lipinski definition) is 0. The van der Waals surface area contributed by atoms with Crippen molar-refractivity contribution >= 4 is 16.9 Å². The molecule has 0 atom stereocenters. The Kier molecular flexibility index (Phi) is 3.91. The molecule has 1 aromatic carbocycles. The summed E-state index contributed by atoms with van der Waals surface area (Å²) in [5.74, 6) is 0.822. The number of benzene rings is 1. The van der Waals surface area contributed by atoms with Crippen LogP contribution >= 0.6 is 0 Å². The van der Waals surface area contributed by atoms with Crippen LogP contribution in [-0.2, 0) is 11.3 Å². The van der Waals surface area contributed by atoms with E-state index in [-0.39, 0.29) is 0 Å². The van der Waals surface area contributed by atoms with Crippen LogP contribution < -0.4 is 4.90 Å². The van der Waals surface area contributed by atoms with Crippen LogP contribution in [0.5, 0.6) is 0 Å². The van der Waals surface area contributed by atoms with Gasteiger partial charge >= 0.3 is 0 Å². The van der Waals surface area contributed by atoms with Crippen molar-refractivity contribution in [2.45, 2.75) is 19.4 Å². The minimum atomic E-state index is 0.760. The smallest absolute Gasteiger partial charge is 0.226 e. The molecule has 22 heavy (non-hydrogen) atoms. The molecule has 0 N–H and O–H groups in total. The van der Waals surface area contributed by atoms with E-state index in [9.17, 15) is 0 Å². The molecule has 0 radical (unpaired) electrons. The van der Waals surface area contributed by atoms with E-state index in [0.717, 1.165) is 49.7 Å². The molecule has 3 heterocycles. The van der Waals surface area contributed by atoms with Crippen LogP contribution in [0.4, 0.5) is 5.95 Å². The summed E-state index contributed by atoms with van der Waals surface area (Å²) < 4.78 is 5.39. The van der Waals surface area contributed by atoms with Crippen molar-refractivity contribution in [3.8, 4) is 0 Å². The van der Waals surface area contributed by atoms with Gasteiger partial charge in [-0.3, -0.25) is 4.90 Å². The van der Waals surface area contributed by atoms with Crippen molar-refractivity contribution in [3.05, 3.63) is 30.0 Å². The first kappa shape index (κ1) is 13.9. The lowest BCUT2D eigenvalue weighted by atomic mass is 10.1. The Morgan fingerprint density at radius 3 is 2.68 bits per heavy atom. The van der Waals surface area contributed by atoms with Gasteiger partial charge in [-0.1, -0.05) is 6.07 Å². The maximum atomic E-state index is 5.39. The van der Waals surface area contributed by atoms with Gasteiger partial charge in [-0.05, 0) is 43.6 Å². The van der Waals surface area contributed by atoms with Gasteiger partial charge in [-0.2, -0.15) is 0 Å². The zero-order valence-corrected chi connectivity index (χ0v) is 12.9. The summed E-state index contributed by atoms with van der Waals surface area (Å²) in [6.45, 7) is 6.76. The fourth-order valence-corrected chi connectivity index (χ4v) is 3.29. The van der Waals surface area contributed by atoms with Gasteiger partial charge in [0.25, 0.3) is 0 Å². The Morgan fingerprint density at radius 2 is 1.86 bits per heavy atom. The Morgan fingerprint density at radius 1 is 1.05 bits per heavy atom. The first-order valence-electron chi connectivity index (χ1n) is 8.19. The van der Waals surface area contributed by atoms with E-state index in [1.807, 2.05) is 6.20 Å². The standard InChI is InChI=1S/C17H22N4O/c1-2-6-20(5-1)13-14-3-4-16-15(11-14)12-18-17(19-16)21-7-9-22-10-8-21/h3-4,11-12H,1-2,5-10,13H2. The molecule has 0 unspecified atom stereocenters. The van der Waals surface area contributed by atoms with Gasteiger partial charge in [0.05, 0.1) is 18.7 Å². The molecule has 0 aliphatic carbocycles. The maximum absolute atomic E-state index is 5.39. The van der Waals surface area contributed by atoms with Gasteiger partial charge in [-0.15, -0.1) is 0 Å². The van der Waals surface area contributed by atoms with Gasteiger partial charge in [0, 0.05) is 31.2 Å². The van der Waals surface area contributed by atoms with Gasteiger partial charge < -0.3 is 9.64 Å². The summed E-state index contributed by atoms with van der Waals surface area (Å²) in [5, 5.41) is 1.13. The summed E-state index contributed by atoms with van der Waals surface area (Å²) in [5.41, 5.74) is 2.39. The predicted molar refractivity (Wildman–Crippen MR) is 87.1 cm³/mol. The SMILES string of the molecule is c1cc2nc(N3CCOCC3)ncc2cc1CN1CCCC1. The van der Waals surface area contributed by atoms with E-state index < -0.39 is 0 Å². The number of ether oxygens (including phenoxy) is 1. The van der Waals surface area contributed by atoms with Gasteiger partial charge in [-0.25, -0.2) is 9.97 Å². The Balaban J connectivity index is 1.55. The second-order valence-electron chi connectivity index (χ2n) is 6.15. The van der Waals surface area contributed by atoms with Crippen molar-refractivity contribution in [1.29, 1.82) is 0 Å². The van der Waals surface area contributed by atoms with Crippen LogP contribution in [0.3, 0.4) is 0 Å². The third kappa shape index (κ3) is 2.91. The number of rotatable bonds is 3. The van der Waals surface area contributed by atoms with Crippen LogP contribution in [0, 0.1) is 0 Å². The van der Waals surface area contributed by atoms with Gasteiger partial charge in [0.2, 0.25) is 5.95 Å². The highest BCUT2D eigenvalue weighted by atomic mass is 16.5. The molecule has 2 fully saturated rings. The van der Waals surface area contributed by atoms with Crippen LogP contribution in [0.2, 0.25) is 0 Å². The number of likely N-dealkylation sites (tertiary alicyclic amines) is 1. The first-order valence-corrected chi connectivity index (χ1v) is 8.19. The number of fused-ring (bicyclic) bond motifs is 1. The maximum Gasteiger partial charge on any atom is 0.226 e. The third-order valence-corrected chi connectivity index (χ3v) is 4.53. The molecule has 0 saturated carbocycles. The summed E-state index contributed by atoms with van der Waals surface area (Å²) in [7, 11) is 0.